The molecule has 0 aliphatic heterocycles. The van der Waals surface area contributed by atoms with Crippen LogP contribution >= 0.6 is 11.3 Å². The molecule has 104 valence electrons. The van der Waals surface area contributed by atoms with Crippen molar-refractivity contribution in [2.24, 2.45) is 5.92 Å². The maximum Gasteiger partial charge on any atom is 0.256 e. The van der Waals surface area contributed by atoms with Crippen LogP contribution in [0.5, 0.6) is 0 Å². The van der Waals surface area contributed by atoms with E-state index >= 15 is 0 Å². The van der Waals surface area contributed by atoms with Gasteiger partial charge in [0, 0.05) is 15.9 Å². The van der Waals surface area contributed by atoms with Crippen molar-refractivity contribution < 1.29 is 9.18 Å². The van der Waals surface area contributed by atoms with Gasteiger partial charge < -0.3 is 5.32 Å². The molecule has 1 aromatic carbocycles. The van der Waals surface area contributed by atoms with Crippen LogP contribution in [0.25, 0.3) is 0 Å². The van der Waals surface area contributed by atoms with Gasteiger partial charge in [0.25, 0.3) is 5.91 Å². The number of carbonyl (C=O) groups is 1. The Bertz CT molecular complexity index is 632. The first-order valence-electron chi connectivity index (χ1n) is 6.79. The van der Waals surface area contributed by atoms with Gasteiger partial charge in [0.05, 0.1) is 5.56 Å². The van der Waals surface area contributed by atoms with Crippen LogP contribution < -0.4 is 5.32 Å². The smallest absolute Gasteiger partial charge is 0.256 e. The summed E-state index contributed by atoms with van der Waals surface area (Å²) >= 11 is 1.68. The number of hydrogen-bond acceptors (Lipinski definition) is 2. The number of carbonyl (C=O) groups excluding carboxylic acids is 1. The molecule has 0 spiro atoms. The molecule has 1 atom stereocenters. The molecule has 4 heteroatoms. The third kappa shape index (κ3) is 2.61. The van der Waals surface area contributed by atoms with E-state index in [4.69, 9.17) is 0 Å². The second-order valence-corrected chi connectivity index (χ2v) is 6.32. The Kier molecular flexibility index (Phi) is 3.57. The molecule has 2 nitrogen and oxygen atoms in total. The predicted octanol–water partition coefficient (Wildman–Crippen LogP) is 4.26. The highest BCUT2D eigenvalue weighted by atomic mass is 32.1. The van der Waals surface area contributed by atoms with Gasteiger partial charge >= 0.3 is 0 Å². The van der Waals surface area contributed by atoms with Crippen LogP contribution in [0.3, 0.4) is 0 Å². The van der Waals surface area contributed by atoms with E-state index in [0.29, 0.717) is 11.6 Å². The molecule has 1 heterocycles. The Morgan fingerprint density at radius 1 is 1.35 bits per heavy atom. The van der Waals surface area contributed by atoms with E-state index in [1.165, 1.54) is 22.6 Å². The van der Waals surface area contributed by atoms with Crippen molar-refractivity contribution in [3.05, 3.63) is 51.5 Å². The molecular weight excluding hydrogens is 273 g/mol. The van der Waals surface area contributed by atoms with Gasteiger partial charge in [-0.2, -0.15) is 0 Å². The molecule has 3 rings (SSSR count). The van der Waals surface area contributed by atoms with Crippen LogP contribution in [-0.2, 0) is 12.8 Å². The largest absolute Gasteiger partial charge is 0.322 e. The zero-order chi connectivity index (χ0) is 14.1. The average molecular weight is 289 g/mol. The standard InChI is InChI=1S/C16H16FNOS/c1-10-2-7-13-14(9-20-15(13)8-10)16(19)18-12-5-3-11(17)4-6-12/h3-6,9-10H,2,7-8H2,1H3,(H,18,19). The van der Waals surface area contributed by atoms with Crippen LogP contribution in [0.4, 0.5) is 10.1 Å². The highest BCUT2D eigenvalue weighted by Crippen LogP contribution is 2.33. The molecule has 0 saturated heterocycles. The van der Waals surface area contributed by atoms with Crippen molar-refractivity contribution >= 4 is 22.9 Å². The van der Waals surface area contributed by atoms with Gasteiger partial charge in [0.15, 0.2) is 0 Å². The highest BCUT2D eigenvalue weighted by molar-refractivity contribution is 7.10. The summed E-state index contributed by atoms with van der Waals surface area (Å²) in [6.07, 6.45) is 3.19. The number of fused-ring (bicyclic) bond motifs is 1. The molecule has 0 bridgehead atoms. The van der Waals surface area contributed by atoms with Gasteiger partial charge in [-0.25, -0.2) is 4.39 Å². The molecule has 0 radical (unpaired) electrons. The molecule has 1 N–H and O–H groups in total. The Hall–Kier alpha value is -1.68. The van der Waals surface area contributed by atoms with E-state index < -0.39 is 0 Å². The lowest BCUT2D eigenvalue weighted by molar-refractivity contribution is 0.102. The molecule has 1 aromatic heterocycles. The minimum Gasteiger partial charge on any atom is -0.322 e. The fraction of sp³-hybridized carbons (Fsp3) is 0.312. The number of benzene rings is 1. The van der Waals surface area contributed by atoms with Crippen molar-refractivity contribution in [2.45, 2.75) is 26.2 Å². The second kappa shape index (κ2) is 5.37. The maximum atomic E-state index is 12.8. The lowest BCUT2D eigenvalue weighted by Crippen LogP contribution is -2.16. The van der Waals surface area contributed by atoms with Gasteiger partial charge in [0.1, 0.15) is 5.82 Å². The van der Waals surface area contributed by atoms with Crippen LogP contribution in [0.2, 0.25) is 0 Å². The summed E-state index contributed by atoms with van der Waals surface area (Å²) in [6, 6.07) is 5.85. The summed E-state index contributed by atoms with van der Waals surface area (Å²) < 4.78 is 12.8. The Balaban J connectivity index is 1.79. The van der Waals surface area contributed by atoms with Crippen LogP contribution in [0.15, 0.2) is 29.6 Å². The number of halogens is 1. The topological polar surface area (TPSA) is 29.1 Å². The Morgan fingerprint density at radius 2 is 2.10 bits per heavy atom. The van der Waals surface area contributed by atoms with Crippen molar-refractivity contribution in [2.75, 3.05) is 5.32 Å². The molecule has 0 saturated carbocycles. The van der Waals surface area contributed by atoms with E-state index in [1.807, 2.05) is 5.38 Å². The first-order chi connectivity index (χ1) is 9.63. The quantitative estimate of drug-likeness (QED) is 0.879. The molecule has 2 aromatic rings. The highest BCUT2D eigenvalue weighted by Gasteiger charge is 2.23. The fourth-order valence-corrected chi connectivity index (χ4v) is 3.84. The normalized spacial score (nSPS) is 17.6. The summed E-state index contributed by atoms with van der Waals surface area (Å²) in [6.45, 7) is 2.25. The van der Waals surface area contributed by atoms with Gasteiger partial charge in [-0.05, 0) is 55.0 Å². The van der Waals surface area contributed by atoms with E-state index in [9.17, 15) is 9.18 Å². The number of rotatable bonds is 2. The lowest BCUT2D eigenvalue weighted by Gasteiger charge is -2.18. The van der Waals surface area contributed by atoms with Gasteiger partial charge in [-0.15, -0.1) is 11.3 Å². The molecule has 1 unspecified atom stereocenters. The Morgan fingerprint density at radius 3 is 2.85 bits per heavy atom. The fourth-order valence-electron chi connectivity index (χ4n) is 2.60. The molecule has 20 heavy (non-hydrogen) atoms. The minimum atomic E-state index is -0.301. The summed E-state index contributed by atoms with van der Waals surface area (Å²) in [5, 5.41) is 4.78. The minimum absolute atomic E-state index is 0.0938. The van der Waals surface area contributed by atoms with Crippen molar-refractivity contribution in [3.63, 3.8) is 0 Å². The predicted molar refractivity (Wildman–Crippen MR) is 79.9 cm³/mol. The van der Waals surface area contributed by atoms with Gasteiger partial charge in [-0.1, -0.05) is 6.92 Å². The van der Waals surface area contributed by atoms with Crippen LogP contribution in [0, 0.1) is 11.7 Å². The van der Waals surface area contributed by atoms with Crippen molar-refractivity contribution in [1.29, 1.82) is 0 Å². The summed E-state index contributed by atoms with van der Waals surface area (Å²) in [5.41, 5.74) is 2.61. The summed E-state index contributed by atoms with van der Waals surface area (Å²) in [7, 11) is 0. The molecule has 1 aliphatic rings. The van der Waals surface area contributed by atoms with E-state index in [2.05, 4.69) is 12.2 Å². The average Bonchev–Trinajstić information content (AvgIpc) is 2.84. The molecule has 1 aliphatic carbocycles. The van der Waals surface area contributed by atoms with Crippen LogP contribution in [-0.4, -0.2) is 5.91 Å². The second-order valence-electron chi connectivity index (χ2n) is 5.36. The number of anilines is 1. The van der Waals surface area contributed by atoms with Gasteiger partial charge in [-0.3, -0.25) is 4.79 Å². The zero-order valence-electron chi connectivity index (χ0n) is 11.3. The number of nitrogens with one attached hydrogen (secondary N) is 1. The first kappa shape index (κ1) is 13.3. The number of hydrogen-bond donors (Lipinski definition) is 1. The first-order valence-corrected chi connectivity index (χ1v) is 7.67. The summed E-state index contributed by atoms with van der Waals surface area (Å²) in [5.74, 6) is 0.308. The maximum absolute atomic E-state index is 12.8. The van der Waals surface area contributed by atoms with Crippen LogP contribution in [0.1, 0.15) is 34.1 Å². The third-order valence-corrected chi connectivity index (χ3v) is 4.80. The van der Waals surface area contributed by atoms with Gasteiger partial charge in [0.2, 0.25) is 0 Å². The van der Waals surface area contributed by atoms with Crippen molar-refractivity contribution in [1.82, 2.24) is 0 Å². The van der Waals surface area contributed by atoms with E-state index in [1.54, 1.807) is 23.5 Å². The summed E-state index contributed by atoms with van der Waals surface area (Å²) in [4.78, 5) is 13.7. The Labute approximate surface area is 121 Å². The number of thiophene rings is 1. The molecular formula is C16H16FNOS. The van der Waals surface area contributed by atoms with E-state index in [-0.39, 0.29) is 11.7 Å². The SMILES string of the molecule is CC1CCc2c(C(=O)Nc3ccc(F)cc3)csc2C1. The zero-order valence-corrected chi connectivity index (χ0v) is 12.1. The molecule has 1 amide bonds. The molecule has 0 fully saturated rings. The van der Waals surface area contributed by atoms with E-state index in [0.717, 1.165) is 24.8 Å². The number of amides is 1. The third-order valence-electron chi connectivity index (χ3n) is 3.75. The van der Waals surface area contributed by atoms with Crippen molar-refractivity contribution in [3.8, 4) is 0 Å². The lowest BCUT2D eigenvalue weighted by atomic mass is 9.88. The monoisotopic (exact) mass is 289 g/mol.